The minimum Gasteiger partial charge on any atom is -0.462 e. The molecule has 0 N–H and O–H groups in total. The van der Waals surface area contributed by atoms with E-state index in [0.717, 1.165) is 36.3 Å². The summed E-state index contributed by atoms with van der Waals surface area (Å²) in [5, 5.41) is 0. The summed E-state index contributed by atoms with van der Waals surface area (Å²) >= 11 is 1.39. The molecule has 6 heteroatoms. The van der Waals surface area contributed by atoms with Crippen molar-refractivity contribution in [2.24, 2.45) is 0 Å². The number of imidazole rings is 1. The molecule has 0 saturated heterocycles. The first-order valence-corrected chi connectivity index (χ1v) is 8.26. The molecule has 2 rings (SSSR count). The molecule has 0 aliphatic heterocycles. The number of aromatic nitrogens is 2. The molecule has 5 nitrogen and oxygen atoms in total. The third kappa shape index (κ3) is 3.82. The molecule has 0 bridgehead atoms. The summed E-state index contributed by atoms with van der Waals surface area (Å²) in [5.74, 6) is 0.612. The highest BCUT2D eigenvalue weighted by molar-refractivity contribution is 7.13. The van der Waals surface area contributed by atoms with Crippen molar-refractivity contribution in [1.82, 2.24) is 9.55 Å². The van der Waals surface area contributed by atoms with Crippen molar-refractivity contribution in [2.75, 3.05) is 6.61 Å². The monoisotopic (exact) mass is 320 g/mol. The van der Waals surface area contributed by atoms with E-state index in [4.69, 9.17) is 4.74 Å². The van der Waals surface area contributed by atoms with Crippen LogP contribution < -0.4 is 0 Å². The van der Waals surface area contributed by atoms with Gasteiger partial charge in [0.25, 0.3) is 0 Å². The summed E-state index contributed by atoms with van der Waals surface area (Å²) in [7, 11) is 0. The third-order valence-electron chi connectivity index (χ3n) is 3.30. The first-order valence-electron chi connectivity index (χ1n) is 7.45. The minimum absolute atomic E-state index is 0.300. The van der Waals surface area contributed by atoms with E-state index in [1.165, 1.54) is 11.3 Å². The number of aryl methyl sites for hydroxylation is 1. The van der Waals surface area contributed by atoms with Crippen LogP contribution in [0, 0.1) is 0 Å². The summed E-state index contributed by atoms with van der Waals surface area (Å²) in [6.45, 7) is 4.83. The smallest absolute Gasteiger partial charge is 0.348 e. The van der Waals surface area contributed by atoms with Gasteiger partial charge in [0.05, 0.1) is 19.3 Å². The van der Waals surface area contributed by atoms with Crippen molar-refractivity contribution in [3.63, 3.8) is 0 Å². The molecule has 0 saturated carbocycles. The third-order valence-corrected chi connectivity index (χ3v) is 4.35. The van der Waals surface area contributed by atoms with Crippen molar-refractivity contribution in [3.8, 4) is 0 Å². The van der Waals surface area contributed by atoms with Gasteiger partial charge >= 0.3 is 5.97 Å². The molecule has 0 fully saturated rings. The molecule has 2 heterocycles. The van der Waals surface area contributed by atoms with Gasteiger partial charge < -0.3 is 9.30 Å². The van der Waals surface area contributed by atoms with Gasteiger partial charge in [0, 0.05) is 11.3 Å². The number of thiophene rings is 1. The van der Waals surface area contributed by atoms with Gasteiger partial charge in [-0.05, 0) is 25.5 Å². The van der Waals surface area contributed by atoms with E-state index >= 15 is 0 Å². The van der Waals surface area contributed by atoms with Crippen LogP contribution in [0.2, 0.25) is 0 Å². The summed E-state index contributed by atoms with van der Waals surface area (Å²) < 4.78 is 6.91. The number of hydrogen-bond donors (Lipinski definition) is 0. The SMILES string of the molecule is CCCCc1ncc(C=O)n1Cc1ccc(C(=O)OCC)s1. The quantitative estimate of drug-likeness (QED) is 0.553. The van der Waals surface area contributed by atoms with E-state index in [2.05, 4.69) is 11.9 Å². The van der Waals surface area contributed by atoms with Gasteiger partial charge in [0.1, 0.15) is 16.4 Å². The molecule has 2 aromatic heterocycles. The highest BCUT2D eigenvalue weighted by atomic mass is 32.1. The van der Waals surface area contributed by atoms with Crippen molar-refractivity contribution in [1.29, 1.82) is 0 Å². The molecule has 22 heavy (non-hydrogen) atoms. The maximum atomic E-state index is 11.7. The highest BCUT2D eigenvalue weighted by Crippen LogP contribution is 2.20. The number of nitrogens with zero attached hydrogens (tertiary/aromatic N) is 2. The fourth-order valence-corrected chi connectivity index (χ4v) is 3.06. The lowest BCUT2D eigenvalue weighted by Gasteiger charge is -2.08. The topological polar surface area (TPSA) is 61.2 Å². The van der Waals surface area contributed by atoms with Crippen LogP contribution in [0.15, 0.2) is 18.3 Å². The predicted octanol–water partition coefficient (Wildman–Crippen LogP) is 3.32. The Morgan fingerprint density at radius 2 is 2.23 bits per heavy atom. The van der Waals surface area contributed by atoms with Crippen molar-refractivity contribution in [3.05, 3.63) is 39.6 Å². The van der Waals surface area contributed by atoms with Crippen LogP contribution in [0.25, 0.3) is 0 Å². The molecular weight excluding hydrogens is 300 g/mol. The second kappa shape index (κ2) is 7.89. The standard InChI is InChI=1S/C16H20N2O3S/c1-3-5-6-15-17-9-12(11-19)18(15)10-13-7-8-14(22-13)16(20)21-4-2/h7-9,11H,3-6,10H2,1-2H3. The van der Waals surface area contributed by atoms with E-state index in [1.807, 2.05) is 10.6 Å². The van der Waals surface area contributed by atoms with E-state index in [-0.39, 0.29) is 5.97 Å². The molecule has 118 valence electrons. The molecular formula is C16H20N2O3S. The van der Waals surface area contributed by atoms with Gasteiger partial charge in [-0.25, -0.2) is 9.78 Å². The predicted molar refractivity (Wildman–Crippen MR) is 85.6 cm³/mol. The Morgan fingerprint density at radius 1 is 1.41 bits per heavy atom. The van der Waals surface area contributed by atoms with Crippen LogP contribution in [0.5, 0.6) is 0 Å². The molecule has 0 radical (unpaired) electrons. The van der Waals surface area contributed by atoms with E-state index in [0.29, 0.717) is 23.7 Å². The fraction of sp³-hybridized carbons (Fsp3) is 0.438. The van der Waals surface area contributed by atoms with Crippen molar-refractivity contribution >= 4 is 23.6 Å². The lowest BCUT2D eigenvalue weighted by molar-refractivity contribution is 0.0532. The summed E-state index contributed by atoms with van der Waals surface area (Å²) in [4.78, 5) is 28.8. The molecule has 0 amide bonds. The average Bonchev–Trinajstić information content (AvgIpc) is 3.13. The van der Waals surface area contributed by atoms with Crippen LogP contribution in [0.3, 0.4) is 0 Å². The zero-order valence-electron chi connectivity index (χ0n) is 12.9. The Labute approximate surface area is 133 Å². The van der Waals surface area contributed by atoms with Gasteiger partial charge in [-0.15, -0.1) is 11.3 Å². The summed E-state index contributed by atoms with van der Waals surface area (Å²) in [5.41, 5.74) is 0.567. The molecule has 0 spiro atoms. The molecule has 0 aromatic carbocycles. The van der Waals surface area contributed by atoms with Crippen molar-refractivity contribution < 1.29 is 14.3 Å². The first kappa shape index (κ1) is 16.4. The van der Waals surface area contributed by atoms with Gasteiger partial charge in [-0.2, -0.15) is 0 Å². The maximum Gasteiger partial charge on any atom is 0.348 e. The number of esters is 1. The largest absolute Gasteiger partial charge is 0.462 e. The molecule has 0 aliphatic carbocycles. The van der Waals surface area contributed by atoms with Crippen LogP contribution in [-0.4, -0.2) is 28.4 Å². The Morgan fingerprint density at radius 3 is 2.91 bits per heavy atom. The molecule has 0 aliphatic rings. The van der Waals surface area contributed by atoms with Crippen molar-refractivity contribution in [2.45, 2.75) is 39.7 Å². The molecule has 0 atom stereocenters. The second-order valence-electron chi connectivity index (χ2n) is 4.89. The number of rotatable bonds is 8. The average molecular weight is 320 g/mol. The van der Waals surface area contributed by atoms with E-state index in [9.17, 15) is 9.59 Å². The number of hydrogen-bond acceptors (Lipinski definition) is 5. The van der Waals surface area contributed by atoms with Crippen LogP contribution >= 0.6 is 11.3 Å². The number of aldehydes is 1. The van der Waals surface area contributed by atoms with Crippen LogP contribution in [0.4, 0.5) is 0 Å². The summed E-state index contributed by atoms with van der Waals surface area (Å²) in [6, 6.07) is 3.66. The Balaban J connectivity index is 2.17. The lowest BCUT2D eigenvalue weighted by atomic mass is 10.2. The first-order chi connectivity index (χ1) is 10.7. The van der Waals surface area contributed by atoms with Gasteiger partial charge in [0.15, 0.2) is 6.29 Å². The van der Waals surface area contributed by atoms with Crippen LogP contribution in [0.1, 0.15) is 57.6 Å². The van der Waals surface area contributed by atoms with Gasteiger partial charge in [-0.1, -0.05) is 13.3 Å². The van der Waals surface area contributed by atoms with E-state index < -0.39 is 0 Å². The maximum absolute atomic E-state index is 11.7. The summed E-state index contributed by atoms with van der Waals surface area (Å²) in [6.07, 6.45) is 5.39. The van der Waals surface area contributed by atoms with Crippen LogP contribution in [-0.2, 0) is 17.7 Å². The van der Waals surface area contributed by atoms with Gasteiger partial charge in [-0.3, -0.25) is 4.79 Å². The number of ether oxygens (including phenoxy) is 1. The second-order valence-corrected chi connectivity index (χ2v) is 6.06. The molecule has 2 aromatic rings. The Kier molecular flexibility index (Phi) is 5.89. The van der Waals surface area contributed by atoms with E-state index in [1.54, 1.807) is 19.2 Å². The lowest BCUT2D eigenvalue weighted by Crippen LogP contribution is -2.07. The fourth-order valence-electron chi connectivity index (χ4n) is 2.17. The minimum atomic E-state index is -0.300. The number of unbranched alkanes of at least 4 members (excludes halogenated alkanes) is 1. The number of carbonyl (C=O) groups excluding carboxylic acids is 2. The zero-order valence-corrected chi connectivity index (χ0v) is 13.7. The Hall–Kier alpha value is -1.95. The zero-order chi connectivity index (χ0) is 15.9. The van der Waals surface area contributed by atoms with Gasteiger partial charge in [0.2, 0.25) is 0 Å². The normalized spacial score (nSPS) is 10.6. The highest BCUT2D eigenvalue weighted by Gasteiger charge is 2.13. The number of carbonyl (C=O) groups is 2. The molecule has 0 unspecified atom stereocenters. The Bertz CT molecular complexity index is 646.